The number of anilines is 3. The minimum absolute atomic E-state index is 0.0652. The number of benzene rings is 1. The lowest BCUT2D eigenvalue weighted by Crippen LogP contribution is -2.43. The zero-order valence-electron chi connectivity index (χ0n) is 19.1. The van der Waals surface area contributed by atoms with Crippen LogP contribution in [0.1, 0.15) is 11.3 Å². The third-order valence-electron chi connectivity index (χ3n) is 6.02. The summed E-state index contributed by atoms with van der Waals surface area (Å²) in [6.07, 6.45) is 2.92. The lowest BCUT2D eigenvalue weighted by Gasteiger charge is -2.29. The molecule has 4 heterocycles. The Bertz CT molecular complexity index is 1440. The molecule has 0 atom stereocenters. The largest absolute Gasteiger partial charge is 0.434 e. The molecule has 0 spiro atoms. The van der Waals surface area contributed by atoms with Gasteiger partial charge in [0.05, 0.1) is 17.4 Å². The lowest BCUT2D eigenvalue weighted by molar-refractivity contribution is 0.424. The lowest BCUT2D eigenvalue weighted by atomic mass is 10.2. The fourth-order valence-corrected chi connectivity index (χ4v) is 4.08. The van der Waals surface area contributed by atoms with Crippen LogP contribution in [0, 0.1) is 29.9 Å². The molecule has 3 aromatic heterocycles. The van der Waals surface area contributed by atoms with Crippen molar-refractivity contribution in [1.29, 1.82) is 5.26 Å². The van der Waals surface area contributed by atoms with Crippen LogP contribution in [0.5, 0.6) is 11.6 Å². The second kappa shape index (κ2) is 9.15. The van der Waals surface area contributed by atoms with E-state index in [1.807, 2.05) is 12.1 Å². The van der Waals surface area contributed by atoms with Crippen LogP contribution in [0.15, 0.2) is 36.8 Å². The van der Waals surface area contributed by atoms with E-state index < -0.39 is 11.6 Å². The highest BCUT2D eigenvalue weighted by molar-refractivity contribution is 5.84. The van der Waals surface area contributed by atoms with Crippen LogP contribution in [-0.4, -0.2) is 45.7 Å². The quantitative estimate of drug-likeness (QED) is 0.449. The summed E-state index contributed by atoms with van der Waals surface area (Å²) in [6, 6.07) is 8.17. The number of nitrogens with one attached hydrogen (secondary N) is 2. The van der Waals surface area contributed by atoms with Gasteiger partial charge in [0.2, 0.25) is 5.88 Å². The Morgan fingerprint density at radius 1 is 1.14 bits per heavy atom. The topological polar surface area (TPSA) is 104 Å². The summed E-state index contributed by atoms with van der Waals surface area (Å²) >= 11 is 0. The number of halogens is 2. The molecule has 9 nitrogen and oxygen atoms in total. The molecule has 1 saturated heterocycles. The number of nitrogens with zero attached hydrogens (tertiary/aromatic N) is 6. The molecule has 2 N–H and O–H groups in total. The second-order valence-electron chi connectivity index (χ2n) is 8.16. The van der Waals surface area contributed by atoms with Gasteiger partial charge in [-0.15, -0.1) is 0 Å². The van der Waals surface area contributed by atoms with Crippen molar-refractivity contribution < 1.29 is 13.5 Å². The van der Waals surface area contributed by atoms with Crippen LogP contribution in [0.25, 0.3) is 10.9 Å². The molecule has 1 aliphatic rings. The fraction of sp³-hybridized carbons (Fsp3) is 0.250. The highest BCUT2D eigenvalue weighted by atomic mass is 19.1. The second-order valence-corrected chi connectivity index (χ2v) is 8.16. The maximum Gasteiger partial charge on any atom is 0.242 e. The molecule has 178 valence electrons. The fourth-order valence-electron chi connectivity index (χ4n) is 4.08. The van der Waals surface area contributed by atoms with Crippen LogP contribution in [-0.2, 0) is 7.05 Å². The Labute approximate surface area is 200 Å². The summed E-state index contributed by atoms with van der Waals surface area (Å²) in [5, 5.41) is 16.1. The Hall–Kier alpha value is -4.30. The Morgan fingerprint density at radius 2 is 1.94 bits per heavy atom. The Kier molecular flexibility index (Phi) is 5.88. The zero-order chi connectivity index (χ0) is 24.5. The van der Waals surface area contributed by atoms with Gasteiger partial charge in [0.15, 0.2) is 28.8 Å². The van der Waals surface area contributed by atoms with Gasteiger partial charge < -0.3 is 24.8 Å². The van der Waals surface area contributed by atoms with E-state index in [-0.39, 0.29) is 33.9 Å². The monoisotopic (exact) mass is 476 g/mol. The van der Waals surface area contributed by atoms with Gasteiger partial charge >= 0.3 is 0 Å². The van der Waals surface area contributed by atoms with Crippen molar-refractivity contribution in [3.05, 3.63) is 59.7 Å². The molecule has 1 aliphatic heterocycles. The van der Waals surface area contributed by atoms with Crippen LogP contribution < -0.4 is 20.3 Å². The molecular formula is C24H22F2N8O. The highest BCUT2D eigenvalue weighted by Crippen LogP contribution is 2.35. The molecule has 1 fully saturated rings. The molecule has 35 heavy (non-hydrogen) atoms. The number of nitriles is 1. The van der Waals surface area contributed by atoms with Crippen LogP contribution in [0.4, 0.5) is 26.1 Å². The van der Waals surface area contributed by atoms with E-state index in [0.29, 0.717) is 11.5 Å². The van der Waals surface area contributed by atoms with E-state index in [0.717, 1.165) is 37.9 Å². The molecule has 1 aromatic carbocycles. The summed E-state index contributed by atoms with van der Waals surface area (Å²) in [7, 11) is 1.65. The number of aryl methyl sites for hydroxylation is 2. The van der Waals surface area contributed by atoms with Gasteiger partial charge in [0, 0.05) is 50.4 Å². The first-order chi connectivity index (χ1) is 17.0. The SMILES string of the molecule is Cc1cc2c(F)c(Oc3ncnc(Nc4ccc(N5CCNCC5)cn4)c3C#N)cc(F)c2n1C. The molecule has 0 aliphatic carbocycles. The first-order valence-corrected chi connectivity index (χ1v) is 11.0. The van der Waals surface area contributed by atoms with E-state index in [9.17, 15) is 9.65 Å². The third kappa shape index (κ3) is 4.20. The molecule has 0 bridgehead atoms. The Balaban J connectivity index is 1.42. The van der Waals surface area contributed by atoms with Gasteiger partial charge in [0.25, 0.3) is 0 Å². The van der Waals surface area contributed by atoms with Crippen LogP contribution in [0.2, 0.25) is 0 Å². The van der Waals surface area contributed by atoms with E-state index in [1.54, 1.807) is 30.8 Å². The smallest absolute Gasteiger partial charge is 0.242 e. The number of ether oxygens (including phenoxy) is 1. The number of hydrogen-bond donors (Lipinski definition) is 2. The molecule has 5 rings (SSSR count). The third-order valence-corrected chi connectivity index (χ3v) is 6.02. The minimum Gasteiger partial charge on any atom is -0.434 e. The van der Waals surface area contributed by atoms with E-state index in [1.165, 1.54) is 12.4 Å². The molecule has 0 amide bonds. The predicted molar refractivity (Wildman–Crippen MR) is 127 cm³/mol. The predicted octanol–water partition coefficient (Wildman–Crippen LogP) is 3.77. The van der Waals surface area contributed by atoms with Crippen LogP contribution >= 0.6 is 0 Å². The molecule has 0 saturated carbocycles. The number of piperazine rings is 1. The Morgan fingerprint density at radius 3 is 2.66 bits per heavy atom. The van der Waals surface area contributed by atoms with Crippen molar-refractivity contribution in [3.8, 4) is 17.7 Å². The first kappa shape index (κ1) is 22.5. The maximum absolute atomic E-state index is 15.1. The van der Waals surface area contributed by atoms with E-state index >= 15 is 4.39 Å². The van der Waals surface area contributed by atoms with E-state index in [2.05, 4.69) is 30.5 Å². The number of rotatable bonds is 5. The van der Waals surface area contributed by atoms with Crippen LogP contribution in [0.3, 0.4) is 0 Å². The van der Waals surface area contributed by atoms with Crippen molar-refractivity contribution in [3.63, 3.8) is 0 Å². The number of pyridine rings is 1. The molecule has 11 heteroatoms. The van der Waals surface area contributed by atoms with Gasteiger partial charge in [-0.25, -0.2) is 23.7 Å². The summed E-state index contributed by atoms with van der Waals surface area (Å²) in [5.41, 5.74) is 1.75. The van der Waals surface area contributed by atoms with Crippen molar-refractivity contribution >= 4 is 28.2 Å². The van der Waals surface area contributed by atoms with Gasteiger partial charge in [-0.1, -0.05) is 0 Å². The summed E-state index contributed by atoms with van der Waals surface area (Å²) in [6.45, 7) is 5.36. The average molecular weight is 476 g/mol. The number of aromatic nitrogens is 4. The summed E-state index contributed by atoms with van der Waals surface area (Å²) in [4.78, 5) is 14.7. The van der Waals surface area contributed by atoms with E-state index in [4.69, 9.17) is 4.74 Å². The number of hydrogen-bond acceptors (Lipinski definition) is 8. The van der Waals surface area contributed by atoms with Crippen molar-refractivity contribution in [1.82, 2.24) is 24.8 Å². The standard InChI is InChI=1S/C24H22F2N8O/c1-14-9-16-21(26)19(10-18(25)22(16)33(14)2)35-24-17(11-27)23(30-13-31-24)32-20-4-3-15(12-29-20)34-7-5-28-6-8-34/h3-4,9-10,12-13,28H,5-8H2,1-2H3,(H,29,30,31,32). The van der Waals surface area contributed by atoms with Crippen molar-refractivity contribution in [2.45, 2.75) is 6.92 Å². The molecule has 4 aromatic rings. The van der Waals surface area contributed by atoms with Crippen molar-refractivity contribution in [2.24, 2.45) is 7.05 Å². The summed E-state index contributed by atoms with van der Waals surface area (Å²) < 4.78 is 37.0. The minimum atomic E-state index is -0.743. The normalized spacial score (nSPS) is 13.6. The highest BCUT2D eigenvalue weighted by Gasteiger charge is 2.21. The van der Waals surface area contributed by atoms with Gasteiger partial charge in [-0.05, 0) is 25.1 Å². The first-order valence-electron chi connectivity index (χ1n) is 11.0. The zero-order valence-corrected chi connectivity index (χ0v) is 19.1. The van der Waals surface area contributed by atoms with Gasteiger partial charge in [-0.2, -0.15) is 5.26 Å². The molecular weight excluding hydrogens is 454 g/mol. The van der Waals surface area contributed by atoms with Gasteiger partial charge in [-0.3, -0.25) is 0 Å². The summed E-state index contributed by atoms with van der Waals surface area (Å²) in [5.74, 6) is -1.37. The average Bonchev–Trinajstić information content (AvgIpc) is 3.18. The maximum atomic E-state index is 15.1. The van der Waals surface area contributed by atoms with Crippen molar-refractivity contribution in [2.75, 3.05) is 36.4 Å². The molecule has 0 radical (unpaired) electrons. The molecule has 0 unspecified atom stereocenters. The van der Waals surface area contributed by atoms with Gasteiger partial charge in [0.1, 0.15) is 18.2 Å². The number of fused-ring (bicyclic) bond motifs is 1.